The highest BCUT2D eigenvalue weighted by atomic mass is 16.6. The van der Waals surface area contributed by atoms with E-state index in [0.29, 0.717) is 0 Å². The van der Waals surface area contributed by atoms with Crippen molar-refractivity contribution in [3.05, 3.63) is 132 Å². The summed E-state index contributed by atoms with van der Waals surface area (Å²) in [6.45, 7) is 0. The van der Waals surface area contributed by atoms with E-state index in [1.165, 1.54) is 84.9 Å². The van der Waals surface area contributed by atoms with Crippen LogP contribution in [0.5, 0.6) is 11.5 Å². The van der Waals surface area contributed by atoms with E-state index in [4.69, 9.17) is 9.47 Å². The van der Waals surface area contributed by atoms with Gasteiger partial charge in [-0.15, -0.1) is 0 Å². The molecule has 0 amide bonds. The number of carbonyl (C=O) groups is 4. The lowest BCUT2D eigenvalue weighted by molar-refractivity contribution is -0.184. The van der Waals surface area contributed by atoms with Crippen molar-refractivity contribution in [3.63, 3.8) is 0 Å². The van der Waals surface area contributed by atoms with Crippen molar-refractivity contribution in [2.24, 2.45) is 5.41 Å². The van der Waals surface area contributed by atoms with Gasteiger partial charge in [-0.3, -0.25) is 14.4 Å². The van der Waals surface area contributed by atoms with Gasteiger partial charge < -0.3 is 19.7 Å². The highest BCUT2D eigenvalue weighted by molar-refractivity contribution is 6.23. The van der Waals surface area contributed by atoms with Crippen molar-refractivity contribution >= 4 is 23.9 Å². The zero-order chi connectivity index (χ0) is 27.2. The number of carboxylic acids is 2. The lowest BCUT2D eigenvalue weighted by Gasteiger charge is -2.41. The van der Waals surface area contributed by atoms with Crippen molar-refractivity contribution in [1.29, 1.82) is 0 Å². The molecule has 0 bridgehead atoms. The Balaban J connectivity index is 2.10. The van der Waals surface area contributed by atoms with Gasteiger partial charge in [-0.1, -0.05) is 97.1 Å². The predicted octanol–water partition coefficient (Wildman–Crippen LogP) is 4.34. The third-order valence-electron chi connectivity index (χ3n) is 6.14. The number of rotatable bonds is 9. The summed E-state index contributed by atoms with van der Waals surface area (Å²) in [5.74, 6) is -7.27. The van der Waals surface area contributed by atoms with E-state index in [1.54, 1.807) is 36.4 Å². The summed E-state index contributed by atoms with van der Waals surface area (Å²) in [6.07, 6.45) is 0. The lowest BCUT2D eigenvalue weighted by atomic mass is 9.56. The van der Waals surface area contributed by atoms with Gasteiger partial charge >= 0.3 is 23.9 Å². The number of ether oxygens (including phenoxy) is 2. The van der Waals surface area contributed by atoms with E-state index in [9.17, 15) is 29.4 Å². The van der Waals surface area contributed by atoms with Crippen LogP contribution in [0.15, 0.2) is 121 Å². The SMILES string of the molecule is O=C(O)C(C(=O)O)(C(=O)Oc1ccccc1)C(C(=O)Oc1ccccc1)(c1ccccc1)c1ccccc1. The monoisotopic (exact) mass is 510 g/mol. The molecular formula is C30H22O8. The molecule has 8 nitrogen and oxygen atoms in total. The topological polar surface area (TPSA) is 127 Å². The van der Waals surface area contributed by atoms with Crippen LogP contribution in [0, 0.1) is 5.41 Å². The maximum absolute atomic E-state index is 14.3. The van der Waals surface area contributed by atoms with Crippen molar-refractivity contribution in [1.82, 2.24) is 0 Å². The van der Waals surface area contributed by atoms with Gasteiger partial charge in [0.15, 0.2) is 5.41 Å². The molecular weight excluding hydrogens is 488 g/mol. The quantitative estimate of drug-likeness (QED) is 0.193. The molecule has 0 atom stereocenters. The van der Waals surface area contributed by atoms with Crippen molar-refractivity contribution in [2.75, 3.05) is 0 Å². The Morgan fingerprint density at radius 2 is 0.789 bits per heavy atom. The van der Waals surface area contributed by atoms with E-state index < -0.39 is 34.7 Å². The van der Waals surface area contributed by atoms with Gasteiger partial charge in [-0.2, -0.15) is 0 Å². The minimum atomic E-state index is -3.52. The second kappa shape index (κ2) is 10.8. The molecule has 0 aliphatic rings. The maximum atomic E-state index is 14.3. The third kappa shape index (κ3) is 4.28. The van der Waals surface area contributed by atoms with E-state index >= 15 is 0 Å². The number of benzene rings is 4. The maximum Gasteiger partial charge on any atom is 0.342 e. The van der Waals surface area contributed by atoms with Crippen LogP contribution in [0.4, 0.5) is 0 Å². The smallest absolute Gasteiger partial charge is 0.342 e. The van der Waals surface area contributed by atoms with Gasteiger partial charge in [0.1, 0.15) is 11.5 Å². The molecule has 0 radical (unpaired) electrons. The van der Waals surface area contributed by atoms with Gasteiger partial charge in [0.05, 0.1) is 0 Å². The number of hydrogen-bond acceptors (Lipinski definition) is 6. The second-order valence-electron chi connectivity index (χ2n) is 8.25. The third-order valence-corrected chi connectivity index (χ3v) is 6.14. The zero-order valence-electron chi connectivity index (χ0n) is 19.9. The Labute approximate surface area is 217 Å². The van der Waals surface area contributed by atoms with Crippen LogP contribution in [0.2, 0.25) is 0 Å². The van der Waals surface area contributed by atoms with E-state index in [1.807, 2.05) is 0 Å². The van der Waals surface area contributed by atoms with Gasteiger partial charge in [-0.05, 0) is 35.4 Å². The number of carboxylic acid groups (broad SMARTS) is 2. The summed E-state index contributed by atoms with van der Waals surface area (Å²) >= 11 is 0. The first kappa shape index (κ1) is 25.8. The Hall–Kier alpha value is -5.24. The van der Waals surface area contributed by atoms with Crippen LogP contribution in [-0.4, -0.2) is 34.1 Å². The minimum Gasteiger partial charge on any atom is -0.480 e. The largest absolute Gasteiger partial charge is 0.480 e. The molecule has 0 aliphatic heterocycles. The van der Waals surface area contributed by atoms with Crippen molar-refractivity contribution in [2.45, 2.75) is 5.41 Å². The lowest BCUT2D eigenvalue weighted by Crippen LogP contribution is -2.66. The average Bonchev–Trinajstić information content (AvgIpc) is 2.93. The molecule has 0 saturated heterocycles. The minimum absolute atomic E-state index is 0.0230. The number of hydrogen-bond donors (Lipinski definition) is 2. The second-order valence-corrected chi connectivity index (χ2v) is 8.25. The number of esters is 2. The Kier molecular flexibility index (Phi) is 7.34. The van der Waals surface area contributed by atoms with Crippen LogP contribution in [0.25, 0.3) is 0 Å². The first-order valence-electron chi connectivity index (χ1n) is 11.5. The van der Waals surface area contributed by atoms with E-state index in [-0.39, 0.29) is 22.6 Å². The molecule has 2 N–H and O–H groups in total. The van der Waals surface area contributed by atoms with E-state index in [2.05, 4.69) is 0 Å². The summed E-state index contributed by atoms with van der Waals surface area (Å²) < 4.78 is 11.0. The molecule has 0 unspecified atom stereocenters. The van der Waals surface area contributed by atoms with Crippen molar-refractivity contribution in [3.8, 4) is 11.5 Å². The molecule has 4 rings (SSSR count). The average molecular weight is 510 g/mol. The predicted molar refractivity (Wildman–Crippen MR) is 136 cm³/mol. The highest BCUT2D eigenvalue weighted by Crippen LogP contribution is 2.50. The normalized spacial score (nSPS) is 11.3. The fraction of sp³-hybridized carbons (Fsp3) is 0.0667. The number of carbonyl (C=O) groups excluding carboxylic acids is 2. The van der Waals surface area contributed by atoms with Crippen LogP contribution in [0.1, 0.15) is 11.1 Å². The summed E-state index contributed by atoms with van der Waals surface area (Å²) in [7, 11) is 0. The van der Waals surface area contributed by atoms with Crippen LogP contribution >= 0.6 is 0 Å². The molecule has 38 heavy (non-hydrogen) atoms. The van der Waals surface area contributed by atoms with Crippen LogP contribution < -0.4 is 9.47 Å². The fourth-order valence-corrected chi connectivity index (χ4v) is 4.45. The molecule has 0 aliphatic carbocycles. The van der Waals surface area contributed by atoms with Crippen LogP contribution in [-0.2, 0) is 24.6 Å². The van der Waals surface area contributed by atoms with Gasteiger partial charge in [0, 0.05) is 0 Å². The number of para-hydroxylation sites is 2. The molecule has 4 aromatic carbocycles. The number of aliphatic carboxylic acids is 2. The summed E-state index contributed by atoms with van der Waals surface area (Å²) in [5, 5.41) is 21.3. The fourth-order valence-electron chi connectivity index (χ4n) is 4.45. The molecule has 0 saturated carbocycles. The zero-order valence-corrected chi connectivity index (χ0v) is 19.9. The molecule has 0 heterocycles. The molecule has 0 spiro atoms. The molecule has 8 heteroatoms. The van der Waals surface area contributed by atoms with Crippen LogP contribution in [0.3, 0.4) is 0 Å². The first-order valence-corrected chi connectivity index (χ1v) is 11.5. The van der Waals surface area contributed by atoms with Gasteiger partial charge in [0.2, 0.25) is 0 Å². The molecule has 0 fully saturated rings. The first-order chi connectivity index (χ1) is 18.3. The van der Waals surface area contributed by atoms with Gasteiger partial charge in [-0.25, -0.2) is 4.79 Å². The van der Waals surface area contributed by atoms with Gasteiger partial charge in [0.25, 0.3) is 5.41 Å². The molecule has 190 valence electrons. The Morgan fingerprint density at radius 3 is 1.13 bits per heavy atom. The van der Waals surface area contributed by atoms with E-state index in [0.717, 1.165) is 0 Å². The Bertz CT molecular complexity index is 1380. The summed E-state index contributed by atoms with van der Waals surface area (Å²) in [5.41, 5.74) is -6.43. The standard InChI is InChI=1S/C30H22O8/c31-25(32)30(26(33)34,28(36)38-24-19-11-4-12-20-24)29(21-13-5-1-6-14-21,22-15-7-2-8-16-22)27(35)37-23-17-9-3-10-18-23/h1-20H,(H,31,32)(H,33,34). The Morgan fingerprint density at radius 1 is 0.474 bits per heavy atom. The summed E-state index contributed by atoms with van der Waals surface area (Å²) in [6, 6.07) is 29.8. The molecule has 4 aromatic rings. The summed E-state index contributed by atoms with van der Waals surface area (Å²) in [4.78, 5) is 54.5. The van der Waals surface area contributed by atoms with Crippen molar-refractivity contribution < 1.29 is 38.9 Å². The highest BCUT2D eigenvalue weighted by Gasteiger charge is 2.75. The molecule has 0 aromatic heterocycles.